The van der Waals surface area contributed by atoms with E-state index in [1.165, 1.54) is 11.6 Å². The Kier molecular flexibility index (Phi) is 6.12. The zero-order valence-corrected chi connectivity index (χ0v) is 15.2. The monoisotopic (exact) mass is 362 g/mol. The number of amides is 1. The van der Waals surface area contributed by atoms with Crippen LogP contribution in [-0.2, 0) is 17.8 Å². The molecule has 0 unspecified atom stereocenters. The van der Waals surface area contributed by atoms with Gasteiger partial charge in [0.1, 0.15) is 11.3 Å². The van der Waals surface area contributed by atoms with Gasteiger partial charge in [-0.25, -0.2) is 15.4 Å². The van der Waals surface area contributed by atoms with Crippen LogP contribution in [0.25, 0.3) is 17.2 Å². The zero-order chi connectivity index (χ0) is 19.1. The molecule has 0 radical (unpaired) electrons. The summed E-state index contributed by atoms with van der Waals surface area (Å²) in [4.78, 5) is 20.5. The summed E-state index contributed by atoms with van der Waals surface area (Å²) in [7, 11) is 0. The van der Waals surface area contributed by atoms with Crippen molar-refractivity contribution < 1.29 is 10.0 Å². The number of rotatable bonds is 7. The van der Waals surface area contributed by atoms with Crippen LogP contribution in [0.5, 0.6) is 0 Å². The van der Waals surface area contributed by atoms with Crippen LogP contribution in [0.15, 0.2) is 60.8 Å². The Hall–Kier alpha value is -3.25. The Morgan fingerprint density at radius 2 is 2.11 bits per heavy atom. The minimum Gasteiger partial charge on any atom is -0.308 e. The molecule has 1 aromatic carbocycles. The van der Waals surface area contributed by atoms with Gasteiger partial charge < -0.3 is 4.57 Å². The number of carbonyl (C=O) groups excluding carboxylic acids is 1. The van der Waals surface area contributed by atoms with E-state index in [1.807, 2.05) is 37.3 Å². The number of nitrogens with zero attached hydrogens (tertiary/aromatic N) is 3. The molecule has 0 aliphatic carbocycles. The summed E-state index contributed by atoms with van der Waals surface area (Å²) in [5.41, 5.74) is 5.11. The summed E-state index contributed by atoms with van der Waals surface area (Å²) in [6, 6.07) is 12.1. The molecule has 1 amide bonds. The number of aromatic nitrogens is 3. The molecule has 2 N–H and O–H groups in total. The van der Waals surface area contributed by atoms with Crippen molar-refractivity contribution in [1.82, 2.24) is 20.0 Å². The van der Waals surface area contributed by atoms with E-state index in [9.17, 15) is 4.79 Å². The summed E-state index contributed by atoms with van der Waals surface area (Å²) in [5, 5.41) is 8.58. The van der Waals surface area contributed by atoms with Crippen molar-refractivity contribution in [3.05, 3.63) is 77.8 Å². The van der Waals surface area contributed by atoms with E-state index in [0.717, 1.165) is 35.4 Å². The lowest BCUT2D eigenvalue weighted by molar-refractivity contribution is -0.124. The summed E-state index contributed by atoms with van der Waals surface area (Å²) in [5.74, 6) is 0.394. The lowest BCUT2D eigenvalue weighted by Gasteiger charge is -2.08. The van der Waals surface area contributed by atoms with Crippen molar-refractivity contribution in [2.75, 3.05) is 0 Å². The molecule has 0 atom stereocenters. The fourth-order valence-corrected chi connectivity index (χ4v) is 2.88. The van der Waals surface area contributed by atoms with Crippen LogP contribution < -0.4 is 5.48 Å². The van der Waals surface area contributed by atoms with Gasteiger partial charge in [-0.05, 0) is 36.6 Å². The molecule has 6 nitrogen and oxygen atoms in total. The molecule has 27 heavy (non-hydrogen) atoms. The minimum atomic E-state index is -0.586. The molecule has 6 heteroatoms. The molecular formula is C21H22N4O2. The molecule has 0 saturated heterocycles. The molecule has 0 aliphatic rings. The topological polar surface area (TPSA) is 80.0 Å². The average molecular weight is 362 g/mol. The molecule has 0 saturated carbocycles. The normalized spacial score (nSPS) is 11.6. The van der Waals surface area contributed by atoms with Crippen LogP contribution in [0.3, 0.4) is 0 Å². The number of hydrogen-bond donors (Lipinski definition) is 2. The van der Waals surface area contributed by atoms with E-state index in [0.29, 0.717) is 6.54 Å². The molecule has 0 fully saturated rings. The van der Waals surface area contributed by atoms with Gasteiger partial charge in [0.15, 0.2) is 5.65 Å². The number of aryl methyl sites for hydroxylation is 1. The average Bonchev–Trinajstić information content (AvgIpc) is 3.03. The van der Waals surface area contributed by atoms with Crippen molar-refractivity contribution in [3.63, 3.8) is 0 Å². The third-order valence-electron chi connectivity index (χ3n) is 4.18. The second-order valence-electron chi connectivity index (χ2n) is 6.13. The Balaban J connectivity index is 1.97. The maximum Gasteiger partial charge on any atom is 0.267 e. The van der Waals surface area contributed by atoms with Crippen molar-refractivity contribution >= 4 is 23.1 Å². The molecule has 2 aromatic heterocycles. The molecule has 0 aliphatic heterocycles. The van der Waals surface area contributed by atoms with Crippen molar-refractivity contribution in [1.29, 1.82) is 0 Å². The summed E-state index contributed by atoms with van der Waals surface area (Å²) >= 11 is 0. The van der Waals surface area contributed by atoms with E-state index in [-0.39, 0.29) is 0 Å². The number of nitrogens with one attached hydrogen (secondary N) is 1. The van der Waals surface area contributed by atoms with Gasteiger partial charge in [0, 0.05) is 18.7 Å². The highest BCUT2D eigenvalue weighted by atomic mass is 16.5. The summed E-state index contributed by atoms with van der Waals surface area (Å²) in [6.45, 7) is 2.72. The number of pyridine rings is 1. The first-order valence-corrected chi connectivity index (χ1v) is 8.83. The predicted molar refractivity (Wildman–Crippen MR) is 105 cm³/mol. The van der Waals surface area contributed by atoms with Gasteiger partial charge in [-0.3, -0.25) is 10.0 Å². The molecule has 2 heterocycles. The number of hydroxylamine groups is 1. The van der Waals surface area contributed by atoms with Crippen molar-refractivity contribution in [2.45, 2.75) is 26.3 Å². The standard InChI is InChI=1S/C21H22N4O2/c1-2-3-5-10-19-23-18-13-17(11-12-20(26)24-27)14-22-21(18)25(19)15-16-8-6-4-7-9-16/h2-4,6-9,11-14,27H,5,10,15H2,1H3,(H,24,26)/b3-2+,12-11+. The Labute approximate surface area is 157 Å². The smallest absolute Gasteiger partial charge is 0.267 e. The van der Waals surface area contributed by atoms with Crippen LogP contribution in [0.1, 0.15) is 30.3 Å². The van der Waals surface area contributed by atoms with E-state index in [4.69, 9.17) is 10.2 Å². The number of imidazole rings is 1. The first kappa shape index (κ1) is 18.5. The van der Waals surface area contributed by atoms with Gasteiger partial charge in [-0.2, -0.15) is 0 Å². The number of carbonyl (C=O) groups is 1. The lowest BCUT2D eigenvalue weighted by atomic mass is 10.2. The first-order chi connectivity index (χ1) is 13.2. The van der Waals surface area contributed by atoms with Crippen molar-refractivity contribution in [2.24, 2.45) is 0 Å². The van der Waals surface area contributed by atoms with Gasteiger partial charge in [-0.15, -0.1) is 0 Å². The second-order valence-corrected chi connectivity index (χ2v) is 6.13. The first-order valence-electron chi connectivity index (χ1n) is 8.83. The van der Waals surface area contributed by atoms with E-state index in [1.54, 1.807) is 17.8 Å². The Bertz CT molecular complexity index is 975. The highest BCUT2D eigenvalue weighted by Gasteiger charge is 2.12. The SMILES string of the molecule is C/C=C/CCc1nc2cc(/C=C/C(=O)NO)cnc2n1Cc1ccccc1. The molecule has 3 rings (SSSR count). The summed E-state index contributed by atoms with van der Waals surface area (Å²) < 4.78 is 2.14. The second kappa shape index (κ2) is 8.91. The molecule has 0 spiro atoms. The minimum absolute atomic E-state index is 0.586. The van der Waals surface area contributed by atoms with Gasteiger partial charge in [0.05, 0.1) is 6.54 Å². The fraction of sp³-hybridized carbons (Fsp3) is 0.190. The third kappa shape index (κ3) is 4.68. The zero-order valence-electron chi connectivity index (χ0n) is 15.2. The molecule has 138 valence electrons. The third-order valence-corrected chi connectivity index (χ3v) is 4.18. The van der Waals surface area contributed by atoms with Gasteiger partial charge in [0.25, 0.3) is 5.91 Å². The highest BCUT2D eigenvalue weighted by molar-refractivity contribution is 5.91. The summed E-state index contributed by atoms with van der Waals surface area (Å²) in [6.07, 6.45) is 10.4. The van der Waals surface area contributed by atoms with Crippen LogP contribution in [0, 0.1) is 0 Å². The van der Waals surface area contributed by atoms with Gasteiger partial charge in [-0.1, -0.05) is 42.5 Å². The maximum atomic E-state index is 11.2. The largest absolute Gasteiger partial charge is 0.308 e. The van der Waals surface area contributed by atoms with Crippen LogP contribution in [0.2, 0.25) is 0 Å². The molecule has 3 aromatic rings. The Morgan fingerprint density at radius 1 is 1.30 bits per heavy atom. The Morgan fingerprint density at radius 3 is 2.85 bits per heavy atom. The van der Waals surface area contributed by atoms with Crippen LogP contribution in [-0.4, -0.2) is 25.6 Å². The number of benzene rings is 1. The molecular weight excluding hydrogens is 340 g/mol. The molecule has 0 bridgehead atoms. The van der Waals surface area contributed by atoms with Gasteiger partial charge >= 0.3 is 0 Å². The van der Waals surface area contributed by atoms with E-state index >= 15 is 0 Å². The highest BCUT2D eigenvalue weighted by Crippen LogP contribution is 2.19. The fourth-order valence-electron chi connectivity index (χ4n) is 2.88. The lowest BCUT2D eigenvalue weighted by Crippen LogP contribution is -2.14. The quantitative estimate of drug-likeness (QED) is 0.292. The van der Waals surface area contributed by atoms with E-state index < -0.39 is 5.91 Å². The van der Waals surface area contributed by atoms with E-state index in [2.05, 4.69) is 27.8 Å². The van der Waals surface area contributed by atoms with Gasteiger partial charge in [0.2, 0.25) is 0 Å². The predicted octanol–water partition coefficient (Wildman–Crippen LogP) is 3.51. The number of fused-ring (bicyclic) bond motifs is 1. The van der Waals surface area contributed by atoms with Crippen molar-refractivity contribution in [3.8, 4) is 0 Å². The van der Waals surface area contributed by atoms with Crippen LogP contribution in [0.4, 0.5) is 0 Å². The maximum absolute atomic E-state index is 11.2. The van der Waals surface area contributed by atoms with Crippen LogP contribution >= 0.6 is 0 Å². The number of hydrogen-bond acceptors (Lipinski definition) is 4. The number of allylic oxidation sites excluding steroid dienone is 2.